The molecule has 86 valence electrons. The molecule has 0 unspecified atom stereocenters. The van der Waals surface area contributed by atoms with Crippen LogP contribution < -0.4 is 0 Å². The van der Waals surface area contributed by atoms with Gasteiger partial charge in [0.15, 0.2) is 0 Å². The first-order chi connectivity index (χ1) is 7.57. The largest absolute Gasteiger partial charge is 0.302 e. The standard InChI is InChI=1S/C14H17BrO/c1-10(2)7-11-3-4-12(8-13(11)15)14(9-16)5-6-14/h3-4,8-10H,5-7H2,1-2H3. The first-order valence-electron chi connectivity index (χ1n) is 5.83. The summed E-state index contributed by atoms with van der Waals surface area (Å²) in [4.78, 5) is 11.0. The van der Waals surface area contributed by atoms with E-state index in [1.807, 2.05) is 0 Å². The Morgan fingerprint density at radius 1 is 1.44 bits per heavy atom. The van der Waals surface area contributed by atoms with Gasteiger partial charge < -0.3 is 4.79 Å². The predicted octanol–water partition coefficient (Wildman–Crippen LogP) is 3.88. The van der Waals surface area contributed by atoms with Crippen LogP contribution in [0.15, 0.2) is 22.7 Å². The lowest BCUT2D eigenvalue weighted by molar-refractivity contribution is -0.109. The molecule has 16 heavy (non-hydrogen) atoms. The topological polar surface area (TPSA) is 17.1 Å². The molecule has 1 saturated carbocycles. The second kappa shape index (κ2) is 4.33. The number of aldehydes is 1. The van der Waals surface area contributed by atoms with E-state index in [1.165, 1.54) is 11.1 Å². The third-order valence-electron chi connectivity index (χ3n) is 3.27. The van der Waals surface area contributed by atoms with Gasteiger partial charge >= 0.3 is 0 Å². The summed E-state index contributed by atoms with van der Waals surface area (Å²) in [5.74, 6) is 0.656. The average Bonchev–Trinajstić information content (AvgIpc) is 3.01. The van der Waals surface area contributed by atoms with E-state index in [2.05, 4.69) is 48.0 Å². The Morgan fingerprint density at radius 3 is 2.56 bits per heavy atom. The average molecular weight is 281 g/mol. The fourth-order valence-corrected chi connectivity index (χ4v) is 2.61. The van der Waals surface area contributed by atoms with Crippen molar-refractivity contribution in [1.82, 2.24) is 0 Å². The third-order valence-corrected chi connectivity index (χ3v) is 4.01. The summed E-state index contributed by atoms with van der Waals surface area (Å²) < 4.78 is 1.15. The number of carbonyl (C=O) groups excluding carboxylic acids is 1. The third kappa shape index (κ3) is 2.22. The summed E-state index contributed by atoms with van der Waals surface area (Å²) in [5.41, 5.74) is 2.35. The van der Waals surface area contributed by atoms with E-state index >= 15 is 0 Å². The number of benzene rings is 1. The highest BCUT2D eigenvalue weighted by molar-refractivity contribution is 9.10. The molecule has 2 heteroatoms. The molecule has 0 aromatic heterocycles. The number of halogens is 1. The Morgan fingerprint density at radius 2 is 2.12 bits per heavy atom. The first kappa shape index (κ1) is 11.8. The Labute approximate surface area is 105 Å². The number of rotatable bonds is 4. The zero-order valence-corrected chi connectivity index (χ0v) is 11.4. The van der Waals surface area contributed by atoms with E-state index in [0.717, 1.165) is 30.0 Å². The van der Waals surface area contributed by atoms with Gasteiger partial charge in [0.1, 0.15) is 6.29 Å². The van der Waals surface area contributed by atoms with Crippen molar-refractivity contribution >= 4 is 22.2 Å². The molecule has 0 heterocycles. The molecule has 0 radical (unpaired) electrons. The molecule has 0 atom stereocenters. The fraction of sp³-hybridized carbons (Fsp3) is 0.500. The van der Waals surface area contributed by atoms with E-state index in [1.54, 1.807) is 0 Å². The van der Waals surface area contributed by atoms with Crippen LogP contribution in [0.25, 0.3) is 0 Å². The van der Waals surface area contributed by atoms with Crippen LogP contribution in [-0.2, 0) is 16.6 Å². The van der Waals surface area contributed by atoms with E-state index < -0.39 is 0 Å². The monoisotopic (exact) mass is 280 g/mol. The molecule has 1 fully saturated rings. The van der Waals surface area contributed by atoms with E-state index in [-0.39, 0.29) is 5.41 Å². The number of hydrogen-bond donors (Lipinski definition) is 0. The zero-order valence-electron chi connectivity index (χ0n) is 9.79. The van der Waals surface area contributed by atoms with Gasteiger partial charge in [0.2, 0.25) is 0 Å². The van der Waals surface area contributed by atoms with Gasteiger partial charge in [0, 0.05) is 4.47 Å². The maximum Gasteiger partial charge on any atom is 0.130 e. The van der Waals surface area contributed by atoms with Crippen molar-refractivity contribution in [3.05, 3.63) is 33.8 Å². The van der Waals surface area contributed by atoms with Crippen molar-refractivity contribution in [2.24, 2.45) is 5.92 Å². The van der Waals surface area contributed by atoms with E-state index in [4.69, 9.17) is 0 Å². The molecule has 1 aromatic carbocycles. The highest BCUT2D eigenvalue weighted by Gasteiger charge is 2.44. The summed E-state index contributed by atoms with van der Waals surface area (Å²) in [6, 6.07) is 6.39. The normalized spacial score (nSPS) is 17.5. The maximum atomic E-state index is 11.0. The van der Waals surface area contributed by atoms with Gasteiger partial charge in [0.05, 0.1) is 5.41 Å². The lowest BCUT2D eigenvalue weighted by Crippen LogP contribution is -2.08. The van der Waals surface area contributed by atoms with Gasteiger partial charge in [-0.3, -0.25) is 0 Å². The lowest BCUT2D eigenvalue weighted by Gasteiger charge is -2.12. The molecule has 2 rings (SSSR count). The van der Waals surface area contributed by atoms with Crippen molar-refractivity contribution in [2.75, 3.05) is 0 Å². The highest BCUT2D eigenvalue weighted by atomic mass is 79.9. The fourth-order valence-electron chi connectivity index (χ4n) is 2.07. The van der Waals surface area contributed by atoms with Crippen LogP contribution in [0.3, 0.4) is 0 Å². The molecular formula is C14H17BrO. The quantitative estimate of drug-likeness (QED) is 0.765. The minimum absolute atomic E-state index is 0.154. The summed E-state index contributed by atoms with van der Waals surface area (Å²) in [6.07, 6.45) is 4.20. The van der Waals surface area contributed by atoms with Crippen LogP contribution >= 0.6 is 15.9 Å². The molecule has 1 aliphatic carbocycles. The van der Waals surface area contributed by atoms with Gasteiger partial charge in [-0.15, -0.1) is 0 Å². The van der Waals surface area contributed by atoms with Crippen molar-refractivity contribution in [1.29, 1.82) is 0 Å². The van der Waals surface area contributed by atoms with Gasteiger partial charge in [-0.25, -0.2) is 0 Å². The molecule has 0 aliphatic heterocycles. The molecule has 1 nitrogen and oxygen atoms in total. The molecule has 0 N–H and O–H groups in total. The van der Waals surface area contributed by atoms with Crippen molar-refractivity contribution < 1.29 is 4.79 Å². The second-order valence-electron chi connectivity index (χ2n) is 5.18. The van der Waals surface area contributed by atoms with E-state index in [0.29, 0.717) is 5.92 Å². The van der Waals surface area contributed by atoms with Crippen molar-refractivity contribution in [2.45, 2.75) is 38.5 Å². The Balaban J connectivity index is 2.26. The van der Waals surface area contributed by atoms with Crippen LogP contribution in [0.4, 0.5) is 0 Å². The summed E-state index contributed by atoms with van der Waals surface area (Å²) in [6.45, 7) is 4.43. The molecule has 1 aliphatic rings. The first-order valence-corrected chi connectivity index (χ1v) is 6.62. The van der Waals surface area contributed by atoms with Crippen LogP contribution in [0.5, 0.6) is 0 Å². The van der Waals surface area contributed by atoms with Gasteiger partial charge in [-0.05, 0) is 42.4 Å². The van der Waals surface area contributed by atoms with Crippen molar-refractivity contribution in [3.8, 4) is 0 Å². The Hall–Kier alpha value is -0.630. The molecule has 0 saturated heterocycles. The molecule has 0 bridgehead atoms. The zero-order chi connectivity index (χ0) is 11.8. The summed E-state index contributed by atoms with van der Waals surface area (Å²) in [7, 11) is 0. The summed E-state index contributed by atoms with van der Waals surface area (Å²) >= 11 is 3.61. The minimum atomic E-state index is -0.154. The molecule has 1 aromatic rings. The Bertz CT molecular complexity index is 405. The number of hydrogen-bond acceptors (Lipinski definition) is 1. The summed E-state index contributed by atoms with van der Waals surface area (Å²) in [5, 5.41) is 0. The van der Waals surface area contributed by atoms with Crippen LogP contribution in [-0.4, -0.2) is 6.29 Å². The Kier molecular flexibility index (Phi) is 3.20. The number of carbonyl (C=O) groups is 1. The van der Waals surface area contributed by atoms with Gasteiger partial charge in [0.25, 0.3) is 0 Å². The van der Waals surface area contributed by atoms with Gasteiger partial charge in [-0.1, -0.05) is 41.9 Å². The van der Waals surface area contributed by atoms with Crippen molar-refractivity contribution in [3.63, 3.8) is 0 Å². The maximum absolute atomic E-state index is 11.0. The van der Waals surface area contributed by atoms with Crippen LogP contribution in [0.1, 0.15) is 37.8 Å². The lowest BCUT2D eigenvalue weighted by atomic mass is 9.94. The highest BCUT2D eigenvalue weighted by Crippen LogP contribution is 2.47. The second-order valence-corrected chi connectivity index (χ2v) is 6.03. The predicted molar refractivity (Wildman–Crippen MR) is 69.7 cm³/mol. The molecule has 0 spiro atoms. The smallest absolute Gasteiger partial charge is 0.130 e. The van der Waals surface area contributed by atoms with Gasteiger partial charge in [-0.2, -0.15) is 0 Å². The minimum Gasteiger partial charge on any atom is -0.302 e. The van der Waals surface area contributed by atoms with E-state index in [9.17, 15) is 4.79 Å². The SMILES string of the molecule is CC(C)Cc1ccc(C2(C=O)CC2)cc1Br. The molecule has 0 amide bonds. The molecular weight excluding hydrogens is 264 g/mol. The van der Waals surface area contributed by atoms with Crippen LogP contribution in [0.2, 0.25) is 0 Å². The van der Waals surface area contributed by atoms with Crippen LogP contribution in [0, 0.1) is 5.92 Å².